The molecule has 0 aromatic carbocycles. The van der Waals surface area contributed by atoms with E-state index in [9.17, 15) is 18.9 Å². The molecule has 43 heavy (non-hydrogen) atoms. The molecule has 0 unspecified atom stereocenters. The highest BCUT2D eigenvalue weighted by atomic mass is 31.2. The second-order valence-electron chi connectivity index (χ2n) is 10.5. The number of hydrogen-bond donors (Lipinski definition) is 2. The fourth-order valence-electron chi connectivity index (χ4n) is 3.91. The highest BCUT2D eigenvalue weighted by Gasteiger charge is 2.23. The first-order chi connectivity index (χ1) is 20.7. The fraction of sp³-hybridized carbons (Fsp3) is 0.667. The van der Waals surface area contributed by atoms with Gasteiger partial charge >= 0.3 is 19.8 Å². The Bertz CT molecular complexity index is 902. The maximum absolute atomic E-state index is 12.2. The largest absolute Gasteiger partial charge is 0.469 e. The molecule has 2 N–H and O–H groups in total. The normalized spacial score (nSPS) is 13.0. The summed E-state index contributed by atoms with van der Waals surface area (Å²) in [6, 6.07) is 0. The summed E-state index contributed by atoms with van der Waals surface area (Å²) in [6.07, 6.45) is 28.7. The van der Waals surface area contributed by atoms with Crippen molar-refractivity contribution in [2.24, 2.45) is 0 Å². The van der Waals surface area contributed by atoms with Gasteiger partial charge in [0.25, 0.3) is 0 Å². The van der Waals surface area contributed by atoms with Crippen LogP contribution in [0.15, 0.2) is 48.6 Å². The van der Waals surface area contributed by atoms with E-state index in [0.717, 1.165) is 38.5 Å². The molecule has 0 aromatic rings. The van der Waals surface area contributed by atoms with Crippen LogP contribution in [-0.2, 0) is 32.9 Å². The predicted octanol–water partition coefficient (Wildman–Crippen LogP) is 8.02. The average Bonchev–Trinajstić information content (AvgIpc) is 2.96. The Morgan fingerprint density at radius 3 is 1.98 bits per heavy atom. The van der Waals surface area contributed by atoms with Crippen molar-refractivity contribution in [2.75, 3.05) is 13.2 Å². The van der Waals surface area contributed by atoms with Crippen LogP contribution >= 0.6 is 7.82 Å². The maximum atomic E-state index is 12.2. The molecule has 0 spiro atoms. The number of carbonyl (C=O) groups is 3. The van der Waals surface area contributed by atoms with Crippen molar-refractivity contribution in [1.29, 1.82) is 0 Å². The molecule has 0 amide bonds. The molecular formula is C33H55O9P. The standard InChI is InChI=1S/C33H55O9P/c1-3-5-7-9-11-12-13-14-15-16-18-19-21-24-30(34)25-23-27-33(36)42-31(29-41-43(37,38)39)28-40-32(35)26-22-20-17-10-8-6-4-2/h11-12,14-15,18-19,21,24,31H,3-10,13,16-17,20,22-23,25-29H2,1-2H3,(H2,37,38,39)/b12-11-,15-14-,19-18-,24-21+/t31-/m1/s1. The molecule has 10 heteroatoms. The lowest BCUT2D eigenvalue weighted by Crippen LogP contribution is -2.29. The number of esters is 2. The number of allylic oxidation sites excluding steroid dienone is 8. The molecule has 1 atom stereocenters. The molecule has 0 aliphatic carbocycles. The monoisotopic (exact) mass is 626 g/mol. The van der Waals surface area contributed by atoms with Gasteiger partial charge in [0.15, 0.2) is 11.9 Å². The molecule has 0 heterocycles. The average molecular weight is 627 g/mol. The Labute approximate surface area is 259 Å². The molecule has 0 bridgehead atoms. The number of phosphoric ester groups is 1. The molecule has 0 saturated heterocycles. The molecule has 9 nitrogen and oxygen atoms in total. The molecule has 0 fully saturated rings. The number of carbonyl (C=O) groups excluding carboxylic acids is 3. The number of hydrogen-bond acceptors (Lipinski definition) is 7. The SMILES string of the molecule is CCCCC/C=C\C/C=C\C/C=C\C=C\C(=O)CCCC(=O)O[C@H](COC(=O)CCCCCCCCC)COP(=O)(O)O. The smallest absolute Gasteiger partial charge is 0.462 e. The second kappa shape index (κ2) is 28.5. The molecule has 0 aliphatic rings. The van der Waals surface area contributed by atoms with Crippen LogP contribution in [0.1, 0.15) is 123 Å². The van der Waals surface area contributed by atoms with Crippen LogP contribution in [0.4, 0.5) is 0 Å². The summed E-state index contributed by atoms with van der Waals surface area (Å²) in [7, 11) is -4.80. The lowest BCUT2D eigenvalue weighted by molar-refractivity contribution is -0.161. The van der Waals surface area contributed by atoms with Crippen LogP contribution in [0.25, 0.3) is 0 Å². The third-order valence-corrected chi connectivity index (χ3v) is 6.81. The van der Waals surface area contributed by atoms with Gasteiger partial charge in [-0.2, -0.15) is 0 Å². The highest BCUT2D eigenvalue weighted by molar-refractivity contribution is 7.46. The number of phosphoric acid groups is 1. The zero-order valence-corrected chi connectivity index (χ0v) is 27.2. The highest BCUT2D eigenvalue weighted by Crippen LogP contribution is 2.35. The van der Waals surface area contributed by atoms with Crippen LogP contribution in [0, 0.1) is 0 Å². The first-order valence-electron chi connectivity index (χ1n) is 15.9. The summed E-state index contributed by atoms with van der Waals surface area (Å²) in [5.74, 6) is -1.29. The first-order valence-corrected chi connectivity index (χ1v) is 17.4. The lowest BCUT2D eigenvalue weighted by Gasteiger charge is -2.18. The molecule has 0 aromatic heterocycles. The second-order valence-corrected chi connectivity index (χ2v) is 11.7. The van der Waals surface area contributed by atoms with Crippen LogP contribution in [0.2, 0.25) is 0 Å². The van der Waals surface area contributed by atoms with Crippen molar-refractivity contribution in [3.63, 3.8) is 0 Å². The van der Waals surface area contributed by atoms with Crippen LogP contribution in [0.3, 0.4) is 0 Å². The maximum Gasteiger partial charge on any atom is 0.469 e. The summed E-state index contributed by atoms with van der Waals surface area (Å²) in [5, 5.41) is 0. The van der Waals surface area contributed by atoms with Crippen molar-refractivity contribution >= 4 is 25.5 Å². The first kappa shape index (κ1) is 40.7. The minimum Gasteiger partial charge on any atom is -0.462 e. The van der Waals surface area contributed by atoms with Crippen molar-refractivity contribution < 1.29 is 42.7 Å². The van der Waals surface area contributed by atoms with E-state index < -0.39 is 32.5 Å². The van der Waals surface area contributed by atoms with Crippen LogP contribution in [0.5, 0.6) is 0 Å². The quantitative estimate of drug-likeness (QED) is 0.0221. The number of unbranched alkanes of at least 4 members (excludes halogenated alkanes) is 9. The number of ether oxygens (including phenoxy) is 2. The third-order valence-electron chi connectivity index (χ3n) is 6.33. The van der Waals surface area contributed by atoms with Crippen molar-refractivity contribution in [1.82, 2.24) is 0 Å². The van der Waals surface area contributed by atoms with Gasteiger partial charge < -0.3 is 19.3 Å². The molecule has 246 valence electrons. The van der Waals surface area contributed by atoms with Gasteiger partial charge in [-0.3, -0.25) is 18.9 Å². The van der Waals surface area contributed by atoms with Gasteiger partial charge in [0, 0.05) is 19.3 Å². The van der Waals surface area contributed by atoms with E-state index in [1.165, 1.54) is 44.6 Å². The van der Waals surface area contributed by atoms with Crippen molar-refractivity contribution in [3.8, 4) is 0 Å². The fourth-order valence-corrected chi connectivity index (χ4v) is 4.27. The summed E-state index contributed by atoms with van der Waals surface area (Å²) in [6.45, 7) is 3.35. The van der Waals surface area contributed by atoms with Gasteiger partial charge in [-0.15, -0.1) is 0 Å². The Morgan fingerprint density at radius 1 is 0.674 bits per heavy atom. The van der Waals surface area contributed by atoms with Gasteiger partial charge in [0.2, 0.25) is 0 Å². The molecule has 0 saturated carbocycles. The van der Waals surface area contributed by atoms with Gasteiger partial charge in [-0.05, 0) is 44.6 Å². The van der Waals surface area contributed by atoms with E-state index in [4.69, 9.17) is 19.3 Å². The minimum absolute atomic E-state index is 0.0777. The van der Waals surface area contributed by atoms with E-state index >= 15 is 0 Å². The zero-order valence-electron chi connectivity index (χ0n) is 26.3. The van der Waals surface area contributed by atoms with E-state index in [1.54, 1.807) is 12.2 Å². The number of rotatable bonds is 28. The third kappa shape index (κ3) is 30.9. The van der Waals surface area contributed by atoms with Gasteiger partial charge in [-0.25, -0.2) is 4.57 Å². The molecule has 0 rings (SSSR count). The molecule has 0 aliphatic heterocycles. The summed E-state index contributed by atoms with van der Waals surface area (Å²) in [4.78, 5) is 54.3. The Morgan fingerprint density at radius 2 is 1.28 bits per heavy atom. The summed E-state index contributed by atoms with van der Waals surface area (Å²) >= 11 is 0. The Kier molecular flexibility index (Phi) is 26.9. The molecular weight excluding hydrogens is 571 g/mol. The van der Waals surface area contributed by atoms with Crippen LogP contribution < -0.4 is 0 Å². The van der Waals surface area contributed by atoms with E-state index in [1.807, 2.05) is 6.08 Å². The van der Waals surface area contributed by atoms with Crippen LogP contribution in [-0.4, -0.2) is 46.8 Å². The van der Waals surface area contributed by atoms with Gasteiger partial charge in [0.05, 0.1) is 6.61 Å². The lowest BCUT2D eigenvalue weighted by atomic mass is 10.1. The Hall–Kier alpha value is -2.32. The predicted molar refractivity (Wildman–Crippen MR) is 170 cm³/mol. The zero-order chi connectivity index (χ0) is 32.0. The van der Waals surface area contributed by atoms with E-state index in [0.29, 0.717) is 6.42 Å². The topological polar surface area (TPSA) is 136 Å². The van der Waals surface area contributed by atoms with E-state index in [2.05, 4.69) is 42.7 Å². The number of ketones is 1. The van der Waals surface area contributed by atoms with Crippen molar-refractivity contribution in [3.05, 3.63) is 48.6 Å². The summed E-state index contributed by atoms with van der Waals surface area (Å²) in [5.41, 5.74) is 0. The van der Waals surface area contributed by atoms with Crippen molar-refractivity contribution in [2.45, 2.75) is 129 Å². The summed E-state index contributed by atoms with van der Waals surface area (Å²) < 4.78 is 25.9. The molecule has 0 radical (unpaired) electrons. The van der Waals surface area contributed by atoms with Gasteiger partial charge in [-0.1, -0.05) is 108 Å². The minimum atomic E-state index is -4.80. The van der Waals surface area contributed by atoms with E-state index in [-0.39, 0.29) is 38.1 Å². The van der Waals surface area contributed by atoms with Gasteiger partial charge in [0.1, 0.15) is 6.61 Å². The Balaban J connectivity index is 4.29.